The lowest BCUT2D eigenvalue weighted by Crippen LogP contribution is -2.59. The number of rotatable bonds is 10. The lowest BCUT2D eigenvalue weighted by molar-refractivity contribution is -0.148. The van der Waals surface area contributed by atoms with Crippen LogP contribution < -0.4 is 0 Å². The number of hydrogen-bond acceptors (Lipinski definition) is 5. The molecule has 0 saturated carbocycles. The Kier molecular flexibility index (Phi) is 8.30. The maximum atomic E-state index is 14.2. The van der Waals surface area contributed by atoms with Crippen LogP contribution >= 0.6 is 27.7 Å². The first-order valence-corrected chi connectivity index (χ1v) is 13.8. The van der Waals surface area contributed by atoms with Crippen molar-refractivity contribution in [2.45, 2.75) is 67.1 Å². The minimum absolute atomic E-state index is 0.0152. The summed E-state index contributed by atoms with van der Waals surface area (Å²) < 4.78 is -0.723. The second kappa shape index (κ2) is 10.3. The molecule has 3 aliphatic heterocycles. The van der Waals surface area contributed by atoms with Crippen LogP contribution in [0.25, 0.3) is 0 Å². The van der Waals surface area contributed by atoms with Crippen LogP contribution in [0, 0.1) is 17.8 Å². The summed E-state index contributed by atoms with van der Waals surface area (Å²) in [4.78, 5) is 46.9. The predicted octanol–water partition coefficient (Wildman–Crippen LogP) is 2.54. The van der Waals surface area contributed by atoms with Gasteiger partial charge in [0.2, 0.25) is 17.7 Å². The van der Waals surface area contributed by atoms with Crippen molar-refractivity contribution in [3.8, 4) is 0 Å². The monoisotopic (exact) mass is 555 g/mol. The summed E-state index contributed by atoms with van der Waals surface area (Å²) in [7, 11) is 1.73. The van der Waals surface area contributed by atoms with Gasteiger partial charge in [0.25, 0.3) is 0 Å². The molecule has 2 bridgehead atoms. The van der Waals surface area contributed by atoms with E-state index in [4.69, 9.17) is 0 Å². The predicted molar refractivity (Wildman–Crippen MR) is 140 cm³/mol. The lowest BCUT2D eigenvalue weighted by Gasteiger charge is -2.41. The van der Waals surface area contributed by atoms with E-state index in [1.54, 1.807) is 45.7 Å². The van der Waals surface area contributed by atoms with Gasteiger partial charge in [0, 0.05) is 36.3 Å². The summed E-state index contributed by atoms with van der Waals surface area (Å²) in [5.41, 5.74) is 0. The summed E-state index contributed by atoms with van der Waals surface area (Å²) in [6.07, 6.45) is 3.99. The fraction of sp³-hybridized carbons (Fsp3) is 0.720. The Hall–Kier alpha value is -1.32. The molecule has 3 rings (SSSR count). The highest BCUT2D eigenvalue weighted by Crippen LogP contribution is 2.68. The average Bonchev–Trinajstić information content (AvgIpc) is 3.35. The number of nitrogens with zero attached hydrogens (tertiary/aromatic N) is 3. The zero-order valence-electron chi connectivity index (χ0n) is 20.8. The third-order valence-electron chi connectivity index (χ3n) is 7.57. The van der Waals surface area contributed by atoms with Crippen molar-refractivity contribution < 1.29 is 19.5 Å². The van der Waals surface area contributed by atoms with Crippen molar-refractivity contribution in [1.82, 2.24) is 14.7 Å². The molecule has 3 fully saturated rings. The second-order valence-electron chi connectivity index (χ2n) is 10.3. The minimum atomic E-state index is -0.746. The largest absolute Gasteiger partial charge is 0.394 e. The molecule has 1 N–H and O–H groups in total. The van der Waals surface area contributed by atoms with E-state index in [9.17, 15) is 19.5 Å². The number of fused-ring (bicyclic) bond motifs is 1. The van der Waals surface area contributed by atoms with E-state index < -0.39 is 28.7 Å². The molecule has 190 valence electrons. The van der Waals surface area contributed by atoms with Crippen LogP contribution in [0.3, 0.4) is 0 Å². The highest BCUT2D eigenvalue weighted by Gasteiger charge is 2.76. The van der Waals surface area contributed by atoms with Crippen LogP contribution in [-0.2, 0) is 14.4 Å². The molecule has 7 nitrogen and oxygen atoms in total. The van der Waals surface area contributed by atoms with Crippen LogP contribution in [0.4, 0.5) is 0 Å². The van der Waals surface area contributed by atoms with Crippen molar-refractivity contribution in [3.63, 3.8) is 0 Å². The molecule has 9 heteroatoms. The van der Waals surface area contributed by atoms with Crippen LogP contribution in [0.5, 0.6) is 0 Å². The van der Waals surface area contributed by atoms with Gasteiger partial charge in [-0.1, -0.05) is 41.9 Å². The second-order valence-corrected chi connectivity index (χ2v) is 13.0. The van der Waals surface area contributed by atoms with Gasteiger partial charge in [-0.05, 0) is 26.2 Å². The van der Waals surface area contributed by atoms with Gasteiger partial charge in [-0.15, -0.1) is 24.9 Å². The number of carbonyl (C=O) groups is 3. The van der Waals surface area contributed by atoms with Gasteiger partial charge in [-0.2, -0.15) is 0 Å². The summed E-state index contributed by atoms with van der Waals surface area (Å²) in [6.45, 7) is 15.9. The van der Waals surface area contributed by atoms with Gasteiger partial charge in [0.15, 0.2) is 0 Å². The highest BCUT2D eigenvalue weighted by atomic mass is 79.9. The molecular weight excluding hydrogens is 518 g/mol. The third-order valence-corrected chi connectivity index (χ3v) is 10.8. The summed E-state index contributed by atoms with van der Waals surface area (Å²) in [6, 6.07) is -1.33. The first kappa shape index (κ1) is 27.3. The number of carbonyl (C=O) groups excluding carboxylic acids is 3. The Morgan fingerprint density at radius 2 is 1.85 bits per heavy atom. The van der Waals surface area contributed by atoms with E-state index in [-0.39, 0.29) is 46.4 Å². The van der Waals surface area contributed by atoms with Gasteiger partial charge in [-0.25, -0.2) is 0 Å². The molecule has 0 aromatic heterocycles. The minimum Gasteiger partial charge on any atom is -0.394 e. The molecule has 0 aromatic rings. The zero-order chi connectivity index (χ0) is 25.5. The fourth-order valence-corrected chi connectivity index (χ4v) is 9.58. The Bertz CT molecular complexity index is 852. The molecule has 0 radical (unpaired) electrons. The molecule has 1 spiro atoms. The number of aliphatic hydroxyl groups is 1. The Labute approximate surface area is 216 Å². The molecule has 3 amide bonds. The number of halogens is 1. The molecule has 7 atom stereocenters. The number of thioether (sulfide) groups is 1. The molecule has 3 unspecified atom stereocenters. The standard InChI is InChI=1S/C25H38BrN3O4S/c1-8-10-27(7)22(31)18-19-23(32)29(17(13-30)14(3)4)21(24(33)28(11-9-2)15(5)6)25(19)12-16(26)20(18)34-25/h8-9,14-21,30H,1-2,10-13H2,3-7H3/t16?,17-,18-,19-,20-,21?,25?/m0/s1. The van der Waals surface area contributed by atoms with E-state index in [0.29, 0.717) is 19.5 Å². The van der Waals surface area contributed by atoms with E-state index in [0.717, 1.165) is 0 Å². The van der Waals surface area contributed by atoms with Gasteiger partial charge in [-0.3, -0.25) is 14.4 Å². The zero-order valence-corrected chi connectivity index (χ0v) is 23.2. The number of hydrogen-bond donors (Lipinski definition) is 1. The Morgan fingerprint density at radius 1 is 1.24 bits per heavy atom. The Balaban J connectivity index is 2.16. The van der Waals surface area contributed by atoms with E-state index in [2.05, 4.69) is 29.1 Å². The van der Waals surface area contributed by atoms with E-state index in [1.165, 1.54) is 0 Å². The molecule has 0 aromatic carbocycles. The normalized spacial score (nSPS) is 32.8. The smallest absolute Gasteiger partial charge is 0.247 e. The topological polar surface area (TPSA) is 81.2 Å². The number of amides is 3. The molecular formula is C25H38BrN3O4S. The van der Waals surface area contributed by atoms with Gasteiger partial charge in [0.05, 0.1) is 29.2 Å². The maximum absolute atomic E-state index is 14.2. The average molecular weight is 557 g/mol. The van der Waals surface area contributed by atoms with Crippen LogP contribution in [-0.4, -0.2) is 97.2 Å². The van der Waals surface area contributed by atoms with Gasteiger partial charge >= 0.3 is 0 Å². The number of likely N-dealkylation sites (tertiary alicyclic amines) is 1. The SMILES string of the molecule is C=CCN(C)C(=O)[C@H]1[C@H]2C(=O)N([C@@H](CO)C(C)C)C(C(=O)N(CC=C)C(C)C)C23CC(Br)[C@@H]1S3. The molecule has 3 aliphatic rings. The Morgan fingerprint density at radius 3 is 2.35 bits per heavy atom. The number of alkyl halides is 1. The molecule has 3 saturated heterocycles. The van der Waals surface area contributed by atoms with Crippen molar-refractivity contribution >= 4 is 45.4 Å². The number of aliphatic hydroxyl groups excluding tert-OH is 1. The molecule has 3 heterocycles. The summed E-state index contributed by atoms with van der Waals surface area (Å²) >= 11 is 5.41. The lowest BCUT2D eigenvalue weighted by atomic mass is 9.70. The van der Waals surface area contributed by atoms with Crippen molar-refractivity contribution in [2.75, 3.05) is 26.7 Å². The first-order chi connectivity index (χ1) is 16.0. The number of likely N-dealkylation sites (N-methyl/N-ethyl adjacent to an activating group) is 1. The van der Waals surface area contributed by atoms with Crippen LogP contribution in [0.15, 0.2) is 25.3 Å². The quantitative estimate of drug-likeness (QED) is 0.331. The third kappa shape index (κ3) is 4.15. The summed E-state index contributed by atoms with van der Waals surface area (Å²) in [5.74, 6) is -1.59. The van der Waals surface area contributed by atoms with Crippen LogP contribution in [0.1, 0.15) is 34.1 Å². The first-order valence-electron chi connectivity index (χ1n) is 12.0. The van der Waals surface area contributed by atoms with E-state index >= 15 is 0 Å². The van der Waals surface area contributed by atoms with Gasteiger partial charge in [0.1, 0.15) is 6.04 Å². The van der Waals surface area contributed by atoms with Crippen molar-refractivity contribution in [3.05, 3.63) is 25.3 Å². The van der Waals surface area contributed by atoms with Crippen molar-refractivity contribution in [2.24, 2.45) is 17.8 Å². The van der Waals surface area contributed by atoms with E-state index in [1.807, 2.05) is 27.7 Å². The molecule has 0 aliphatic carbocycles. The molecule has 34 heavy (non-hydrogen) atoms. The van der Waals surface area contributed by atoms with Gasteiger partial charge < -0.3 is 19.8 Å². The fourth-order valence-electron chi connectivity index (χ4n) is 6.00. The maximum Gasteiger partial charge on any atom is 0.247 e. The summed E-state index contributed by atoms with van der Waals surface area (Å²) in [5, 5.41) is 10.2. The van der Waals surface area contributed by atoms with Crippen molar-refractivity contribution in [1.29, 1.82) is 0 Å². The van der Waals surface area contributed by atoms with Crippen LogP contribution in [0.2, 0.25) is 0 Å². The highest BCUT2D eigenvalue weighted by molar-refractivity contribution is 9.09.